The molecule has 0 spiro atoms. The summed E-state index contributed by atoms with van der Waals surface area (Å²) in [5.41, 5.74) is 3.46. The van der Waals surface area contributed by atoms with Crippen LogP contribution in [-0.4, -0.2) is 5.12 Å². The minimum atomic E-state index is -0.0815. The maximum Gasteiger partial charge on any atom is 0.190 e. The zero-order valence-corrected chi connectivity index (χ0v) is 8.19. The molecule has 0 radical (unpaired) electrons. The molecule has 0 saturated heterocycles. The molecule has 1 rings (SSSR count). The first-order valence-corrected chi connectivity index (χ1v) is 4.32. The maximum absolute atomic E-state index is 10.7. The molecule has 0 amide bonds. The Labute approximate surface area is 78.2 Å². The second-order valence-electron chi connectivity index (χ2n) is 3.00. The molecule has 1 nitrogen and oxygen atoms in total. The molecule has 0 aliphatic carbocycles. The van der Waals surface area contributed by atoms with Crippen LogP contribution in [0, 0.1) is 13.8 Å². The van der Waals surface area contributed by atoms with Crippen molar-refractivity contribution >= 4 is 17.7 Å². The number of hydrogen-bond donors (Lipinski definition) is 1. The Balaban J connectivity index is 2.93. The number of carbonyl (C=O) groups excluding carboxylic acids is 1. The summed E-state index contributed by atoms with van der Waals surface area (Å²) >= 11 is 3.74. The van der Waals surface area contributed by atoms with Crippen LogP contribution in [0.15, 0.2) is 18.2 Å². The zero-order valence-electron chi connectivity index (χ0n) is 7.29. The van der Waals surface area contributed by atoms with Gasteiger partial charge in [-0.3, -0.25) is 4.79 Å². The van der Waals surface area contributed by atoms with Crippen molar-refractivity contribution in [3.05, 3.63) is 34.9 Å². The van der Waals surface area contributed by atoms with Gasteiger partial charge in [0.25, 0.3) is 0 Å². The van der Waals surface area contributed by atoms with E-state index in [9.17, 15) is 4.79 Å². The molecular weight excluding hydrogens is 168 g/mol. The third kappa shape index (κ3) is 2.38. The second kappa shape index (κ2) is 3.76. The molecule has 1 aromatic carbocycles. The van der Waals surface area contributed by atoms with Gasteiger partial charge in [-0.25, -0.2) is 0 Å². The van der Waals surface area contributed by atoms with Gasteiger partial charge < -0.3 is 0 Å². The highest BCUT2D eigenvalue weighted by atomic mass is 32.1. The second-order valence-corrected chi connectivity index (χ2v) is 3.50. The lowest BCUT2D eigenvalue weighted by atomic mass is 10.0. The summed E-state index contributed by atoms with van der Waals surface area (Å²) in [4.78, 5) is 10.7. The summed E-state index contributed by atoms with van der Waals surface area (Å²) in [6.45, 7) is 4.05. The van der Waals surface area contributed by atoms with E-state index >= 15 is 0 Å². The molecule has 12 heavy (non-hydrogen) atoms. The third-order valence-corrected chi connectivity index (χ3v) is 2.00. The Morgan fingerprint density at radius 1 is 1.42 bits per heavy atom. The van der Waals surface area contributed by atoms with Crippen molar-refractivity contribution in [2.45, 2.75) is 20.3 Å². The summed E-state index contributed by atoms with van der Waals surface area (Å²) in [6.07, 6.45) is 0.426. The van der Waals surface area contributed by atoms with E-state index in [1.807, 2.05) is 26.0 Å². The molecule has 64 valence electrons. The molecule has 0 aliphatic rings. The van der Waals surface area contributed by atoms with Gasteiger partial charge in [0.2, 0.25) is 0 Å². The van der Waals surface area contributed by atoms with Gasteiger partial charge in [-0.2, -0.15) is 0 Å². The fraction of sp³-hybridized carbons (Fsp3) is 0.300. The highest BCUT2D eigenvalue weighted by Crippen LogP contribution is 2.11. The van der Waals surface area contributed by atoms with Crippen LogP contribution in [0.5, 0.6) is 0 Å². The first-order valence-electron chi connectivity index (χ1n) is 3.87. The zero-order chi connectivity index (χ0) is 9.14. The predicted molar refractivity (Wildman–Crippen MR) is 53.6 cm³/mol. The summed E-state index contributed by atoms with van der Waals surface area (Å²) < 4.78 is 0. The van der Waals surface area contributed by atoms with Crippen molar-refractivity contribution in [1.29, 1.82) is 0 Å². The average Bonchev–Trinajstić information content (AvgIpc) is 1.94. The van der Waals surface area contributed by atoms with Gasteiger partial charge in [0.1, 0.15) is 0 Å². The molecule has 0 unspecified atom stereocenters. The minimum absolute atomic E-state index is 0.0815. The fourth-order valence-corrected chi connectivity index (χ4v) is 1.38. The lowest BCUT2D eigenvalue weighted by Gasteiger charge is -2.03. The maximum atomic E-state index is 10.7. The van der Waals surface area contributed by atoms with Gasteiger partial charge in [-0.1, -0.05) is 23.8 Å². The van der Waals surface area contributed by atoms with Gasteiger partial charge >= 0.3 is 0 Å². The first-order chi connectivity index (χ1) is 5.59. The molecule has 2 heteroatoms. The molecule has 0 aliphatic heterocycles. The predicted octanol–water partition coefficient (Wildman–Crippen LogP) is 2.30. The summed E-state index contributed by atoms with van der Waals surface area (Å²) in [5.74, 6) is 0. The molecular formula is C10H12OS. The molecule has 0 bridgehead atoms. The van der Waals surface area contributed by atoms with Crippen LogP contribution in [0.25, 0.3) is 0 Å². The van der Waals surface area contributed by atoms with Crippen molar-refractivity contribution in [3.8, 4) is 0 Å². The quantitative estimate of drug-likeness (QED) is 0.691. The first kappa shape index (κ1) is 9.33. The monoisotopic (exact) mass is 180 g/mol. The molecule has 0 aromatic heterocycles. The fourth-order valence-electron chi connectivity index (χ4n) is 1.21. The van der Waals surface area contributed by atoms with Crippen molar-refractivity contribution < 1.29 is 4.79 Å². The number of carbonyl (C=O) groups is 1. The van der Waals surface area contributed by atoms with E-state index in [2.05, 4.69) is 18.7 Å². The van der Waals surface area contributed by atoms with Gasteiger partial charge in [-0.05, 0) is 25.0 Å². The Kier molecular flexibility index (Phi) is 2.93. The van der Waals surface area contributed by atoms with Crippen LogP contribution in [0.2, 0.25) is 0 Å². The number of aryl methyl sites for hydroxylation is 2. The van der Waals surface area contributed by atoms with Gasteiger partial charge in [-0.15, -0.1) is 12.6 Å². The van der Waals surface area contributed by atoms with Crippen LogP contribution in [-0.2, 0) is 11.2 Å². The van der Waals surface area contributed by atoms with Crippen molar-refractivity contribution in [3.63, 3.8) is 0 Å². The lowest BCUT2D eigenvalue weighted by Crippen LogP contribution is -1.96. The highest BCUT2D eigenvalue weighted by Gasteiger charge is 2.01. The van der Waals surface area contributed by atoms with E-state index in [-0.39, 0.29) is 5.12 Å². The molecule has 0 N–H and O–H groups in total. The Hall–Kier alpha value is -0.760. The number of hydrogen-bond acceptors (Lipinski definition) is 1. The van der Waals surface area contributed by atoms with Crippen LogP contribution >= 0.6 is 12.6 Å². The normalized spacial score (nSPS) is 9.92. The van der Waals surface area contributed by atoms with E-state index in [1.165, 1.54) is 5.56 Å². The lowest BCUT2D eigenvalue weighted by molar-refractivity contribution is -0.110. The van der Waals surface area contributed by atoms with E-state index < -0.39 is 0 Å². The van der Waals surface area contributed by atoms with E-state index in [4.69, 9.17) is 0 Å². The molecule has 0 atom stereocenters. The summed E-state index contributed by atoms with van der Waals surface area (Å²) in [5, 5.41) is -0.0815. The number of rotatable bonds is 2. The van der Waals surface area contributed by atoms with E-state index in [0.29, 0.717) is 6.42 Å². The Morgan fingerprint density at radius 3 is 2.58 bits per heavy atom. The Bertz CT molecular complexity index is 305. The molecule has 1 aromatic rings. The van der Waals surface area contributed by atoms with Crippen LogP contribution < -0.4 is 0 Å². The third-order valence-electron chi connectivity index (χ3n) is 1.84. The highest BCUT2D eigenvalue weighted by molar-refractivity contribution is 7.96. The van der Waals surface area contributed by atoms with Gasteiger partial charge in [0.15, 0.2) is 5.12 Å². The molecule has 0 heterocycles. The minimum Gasteiger partial charge on any atom is -0.287 e. The van der Waals surface area contributed by atoms with E-state index in [0.717, 1.165) is 11.1 Å². The number of thiol groups is 1. The molecule has 0 fully saturated rings. The van der Waals surface area contributed by atoms with E-state index in [1.54, 1.807) is 0 Å². The SMILES string of the molecule is Cc1ccc(CC(=O)S)c(C)c1. The average molecular weight is 180 g/mol. The number of benzene rings is 1. The largest absolute Gasteiger partial charge is 0.287 e. The van der Waals surface area contributed by atoms with Gasteiger partial charge in [0.05, 0.1) is 0 Å². The smallest absolute Gasteiger partial charge is 0.190 e. The van der Waals surface area contributed by atoms with Gasteiger partial charge in [0, 0.05) is 6.42 Å². The van der Waals surface area contributed by atoms with Crippen molar-refractivity contribution in [1.82, 2.24) is 0 Å². The topological polar surface area (TPSA) is 17.1 Å². The van der Waals surface area contributed by atoms with Crippen molar-refractivity contribution in [2.75, 3.05) is 0 Å². The van der Waals surface area contributed by atoms with Crippen LogP contribution in [0.4, 0.5) is 0 Å². The van der Waals surface area contributed by atoms with Crippen molar-refractivity contribution in [2.24, 2.45) is 0 Å². The summed E-state index contributed by atoms with van der Waals surface area (Å²) in [7, 11) is 0. The Morgan fingerprint density at radius 2 is 2.08 bits per heavy atom. The van der Waals surface area contributed by atoms with Crippen LogP contribution in [0.3, 0.4) is 0 Å². The summed E-state index contributed by atoms with van der Waals surface area (Å²) in [6, 6.07) is 6.07. The van der Waals surface area contributed by atoms with Crippen LogP contribution in [0.1, 0.15) is 16.7 Å². The standard InChI is InChI=1S/C10H12OS/c1-7-3-4-9(6-10(11)12)8(2)5-7/h3-5H,6H2,1-2H3,(H,11,12). The molecule has 0 saturated carbocycles.